The molecule has 10 heteroatoms. The summed E-state index contributed by atoms with van der Waals surface area (Å²) in [5, 5.41) is 24.3. The summed E-state index contributed by atoms with van der Waals surface area (Å²) in [6.07, 6.45) is 0.979. The van der Waals surface area contributed by atoms with Crippen molar-refractivity contribution >= 4 is 35.9 Å². The molecule has 28 heavy (non-hydrogen) atoms. The van der Waals surface area contributed by atoms with E-state index < -0.39 is 17.3 Å². The van der Waals surface area contributed by atoms with Crippen LogP contribution in [0.2, 0.25) is 5.02 Å². The van der Waals surface area contributed by atoms with Gasteiger partial charge in [-0.3, -0.25) is 19.1 Å². The summed E-state index contributed by atoms with van der Waals surface area (Å²) in [4.78, 5) is 26.6. The van der Waals surface area contributed by atoms with Gasteiger partial charge >= 0.3 is 0 Å². The molecule has 3 rings (SSSR count). The molecule has 0 atom stereocenters. The Labute approximate surface area is 168 Å². The van der Waals surface area contributed by atoms with Crippen molar-refractivity contribution in [1.29, 1.82) is 0 Å². The lowest BCUT2D eigenvalue weighted by molar-refractivity contribution is 0.0952. The summed E-state index contributed by atoms with van der Waals surface area (Å²) in [5.74, 6) is -1.36. The number of phenolic OH excluding ortho intramolecular Hbond substituents is 1. The van der Waals surface area contributed by atoms with Crippen molar-refractivity contribution in [1.82, 2.24) is 15.0 Å². The summed E-state index contributed by atoms with van der Waals surface area (Å²) in [6, 6.07) is 12.3. The van der Waals surface area contributed by atoms with Gasteiger partial charge in [-0.25, -0.2) is 5.43 Å². The average Bonchev–Trinajstić information content (AvgIpc) is 2.66. The molecule has 3 aromatic rings. The molecule has 1 heterocycles. The van der Waals surface area contributed by atoms with E-state index in [1.165, 1.54) is 16.7 Å². The number of aromatic amines is 1. The number of rotatable bonds is 4. The van der Waals surface area contributed by atoms with E-state index in [9.17, 15) is 19.8 Å². The van der Waals surface area contributed by atoms with Crippen LogP contribution in [0.4, 0.5) is 0 Å². The number of nitrogens with one attached hydrogen (secondary N) is 2. The maximum Gasteiger partial charge on any atom is 0.275 e. The number of aromatic nitrogens is 2. The van der Waals surface area contributed by atoms with Crippen LogP contribution >= 0.6 is 23.8 Å². The first kappa shape index (κ1) is 19.3. The van der Waals surface area contributed by atoms with Crippen molar-refractivity contribution in [3.8, 4) is 17.3 Å². The Hall–Kier alpha value is -3.43. The smallest absolute Gasteiger partial charge is 0.275 e. The number of amides is 1. The highest BCUT2D eigenvalue weighted by Gasteiger charge is 2.13. The number of hydrogen-bond donors (Lipinski definition) is 4. The number of carbonyl (C=O) groups is 1. The first-order valence-electron chi connectivity index (χ1n) is 7.84. The highest BCUT2D eigenvalue weighted by Crippen LogP contribution is 2.20. The van der Waals surface area contributed by atoms with E-state index in [0.717, 1.165) is 6.21 Å². The van der Waals surface area contributed by atoms with E-state index in [4.69, 9.17) is 23.8 Å². The number of para-hydroxylation sites is 1. The number of phenols is 1. The predicted molar refractivity (Wildman–Crippen MR) is 107 cm³/mol. The van der Waals surface area contributed by atoms with Gasteiger partial charge < -0.3 is 10.2 Å². The van der Waals surface area contributed by atoms with Gasteiger partial charge in [-0.2, -0.15) is 5.10 Å². The predicted octanol–water partition coefficient (Wildman–Crippen LogP) is 2.72. The maximum absolute atomic E-state index is 12.1. The second kappa shape index (κ2) is 8.07. The van der Waals surface area contributed by atoms with Gasteiger partial charge in [0.1, 0.15) is 11.3 Å². The Kier molecular flexibility index (Phi) is 5.57. The fourth-order valence-corrected chi connectivity index (χ4v) is 2.78. The zero-order valence-electron chi connectivity index (χ0n) is 14.1. The highest BCUT2D eigenvalue weighted by atomic mass is 35.5. The zero-order chi connectivity index (χ0) is 20.3. The van der Waals surface area contributed by atoms with Crippen molar-refractivity contribution in [2.24, 2.45) is 5.10 Å². The van der Waals surface area contributed by atoms with Gasteiger partial charge in [0.25, 0.3) is 11.5 Å². The van der Waals surface area contributed by atoms with Crippen LogP contribution in [0.25, 0.3) is 5.69 Å². The normalized spacial score (nSPS) is 10.9. The molecule has 0 aliphatic heterocycles. The third kappa shape index (κ3) is 3.95. The van der Waals surface area contributed by atoms with Gasteiger partial charge in [0, 0.05) is 5.02 Å². The molecular formula is C18H13ClN4O4S. The summed E-state index contributed by atoms with van der Waals surface area (Å²) in [6.45, 7) is 0. The first-order chi connectivity index (χ1) is 13.4. The van der Waals surface area contributed by atoms with Crippen LogP contribution < -0.4 is 11.0 Å². The molecule has 2 aromatic carbocycles. The molecule has 0 aliphatic carbocycles. The molecule has 0 bridgehead atoms. The second-order valence-electron chi connectivity index (χ2n) is 5.52. The maximum atomic E-state index is 12.1. The number of benzene rings is 2. The van der Waals surface area contributed by atoms with Gasteiger partial charge in [-0.1, -0.05) is 23.7 Å². The Balaban J connectivity index is 1.93. The number of H-pyrrole nitrogens is 1. The summed E-state index contributed by atoms with van der Waals surface area (Å²) >= 11 is 11.0. The standard InChI is InChI=1S/C18H13ClN4O4S/c19-10-5-7-11(8-6-10)23-17(27)13(15(25)21-18(23)28)9-20-22-16(26)12-3-1-2-4-14(12)24/h1-9,24,27H,(H,22,26)(H,21,25,28)/b20-9+. The van der Waals surface area contributed by atoms with E-state index in [0.29, 0.717) is 10.7 Å². The van der Waals surface area contributed by atoms with Gasteiger partial charge in [0.15, 0.2) is 4.77 Å². The SMILES string of the molecule is O=C(N/N=C/c1c(O)n(-c2ccc(Cl)cc2)c(=S)[nH]c1=O)c1ccccc1O. The molecule has 1 aromatic heterocycles. The van der Waals surface area contributed by atoms with Gasteiger partial charge in [-0.15, -0.1) is 0 Å². The molecule has 4 N–H and O–H groups in total. The number of halogens is 1. The Morgan fingerprint density at radius 3 is 2.54 bits per heavy atom. The minimum atomic E-state index is -0.687. The third-order valence-electron chi connectivity index (χ3n) is 3.71. The van der Waals surface area contributed by atoms with Gasteiger partial charge in [0.2, 0.25) is 5.88 Å². The van der Waals surface area contributed by atoms with Crippen LogP contribution in [0.5, 0.6) is 11.6 Å². The van der Waals surface area contributed by atoms with E-state index in [1.54, 1.807) is 36.4 Å². The van der Waals surface area contributed by atoms with Crippen LogP contribution in [0.15, 0.2) is 58.4 Å². The molecule has 0 spiro atoms. The van der Waals surface area contributed by atoms with E-state index in [2.05, 4.69) is 15.5 Å². The summed E-state index contributed by atoms with van der Waals surface area (Å²) < 4.78 is 1.19. The minimum absolute atomic E-state index is 0.00918. The van der Waals surface area contributed by atoms with E-state index in [1.807, 2.05) is 0 Å². The van der Waals surface area contributed by atoms with Crippen LogP contribution in [0.3, 0.4) is 0 Å². The molecular weight excluding hydrogens is 404 g/mol. The molecule has 8 nitrogen and oxygen atoms in total. The average molecular weight is 417 g/mol. The van der Waals surface area contributed by atoms with Crippen LogP contribution in [-0.2, 0) is 0 Å². The van der Waals surface area contributed by atoms with E-state index >= 15 is 0 Å². The van der Waals surface area contributed by atoms with Gasteiger partial charge in [-0.05, 0) is 48.6 Å². The van der Waals surface area contributed by atoms with E-state index in [-0.39, 0.29) is 21.6 Å². The lowest BCUT2D eigenvalue weighted by atomic mass is 10.2. The quantitative estimate of drug-likeness (QED) is 0.296. The number of hydrazone groups is 1. The minimum Gasteiger partial charge on any atom is -0.507 e. The fraction of sp³-hybridized carbons (Fsp3) is 0. The lowest BCUT2D eigenvalue weighted by Crippen LogP contribution is -2.21. The first-order valence-corrected chi connectivity index (χ1v) is 8.62. The van der Waals surface area contributed by atoms with Crippen molar-refractivity contribution in [2.75, 3.05) is 0 Å². The van der Waals surface area contributed by atoms with Crippen molar-refractivity contribution in [3.05, 3.63) is 79.8 Å². The number of aromatic hydroxyl groups is 2. The highest BCUT2D eigenvalue weighted by molar-refractivity contribution is 7.71. The number of nitrogens with zero attached hydrogens (tertiary/aromatic N) is 2. The molecule has 142 valence electrons. The van der Waals surface area contributed by atoms with Gasteiger partial charge in [0.05, 0.1) is 17.5 Å². The number of carbonyl (C=O) groups excluding carboxylic acids is 1. The largest absolute Gasteiger partial charge is 0.507 e. The molecule has 0 fully saturated rings. The molecule has 0 saturated carbocycles. The Morgan fingerprint density at radius 2 is 1.86 bits per heavy atom. The third-order valence-corrected chi connectivity index (χ3v) is 4.25. The fourth-order valence-electron chi connectivity index (χ4n) is 2.37. The van der Waals surface area contributed by atoms with Crippen LogP contribution in [0.1, 0.15) is 15.9 Å². The molecule has 0 aliphatic rings. The van der Waals surface area contributed by atoms with Crippen molar-refractivity contribution < 1.29 is 15.0 Å². The monoisotopic (exact) mass is 416 g/mol. The van der Waals surface area contributed by atoms with Crippen LogP contribution in [-0.4, -0.2) is 31.9 Å². The lowest BCUT2D eigenvalue weighted by Gasteiger charge is -2.11. The Morgan fingerprint density at radius 1 is 1.18 bits per heavy atom. The Bertz CT molecular complexity index is 1190. The summed E-state index contributed by atoms with van der Waals surface area (Å²) in [7, 11) is 0. The summed E-state index contributed by atoms with van der Waals surface area (Å²) in [5.41, 5.74) is 1.75. The van der Waals surface area contributed by atoms with Crippen LogP contribution in [0, 0.1) is 4.77 Å². The number of hydrogen-bond acceptors (Lipinski definition) is 6. The molecule has 0 radical (unpaired) electrons. The second-order valence-corrected chi connectivity index (χ2v) is 6.35. The molecule has 0 unspecified atom stereocenters. The zero-order valence-corrected chi connectivity index (χ0v) is 15.7. The molecule has 0 saturated heterocycles. The van der Waals surface area contributed by atoms with Crippen molar-refractivity contribution in [3.63, 3.8) is 0 Å². The topological polar surface area (TPSA) is 120 Å². The van der Waals surface area contributed by atoms with Crippen molar-refractivity contribution in [2.45, 2.75) is 0 Å². The molecule has 1 amide bonds.